The van der Waals surface area contributed by atoms with E-state index < -0.39 is 0 Å². The lowest BCUT2D eigenvalue weighted by molar-refractivity contribution is -0.118. The maximum Gasteiger partial charge on any atom is 0.269 e. The number of benzene rings is 1. The first-order chi connectivity index (χ1) is 14.5. The fourth-order valence-electron chi connectivity index (χ4n) is 4.47. The number of hydrogen-bond acceptors (Lipinski definition) is 4. The molecule has 2 unspecified atom stereocenters. The van der Waals surface area contributed by atoms with E-state index in [9.17, 15) is 4.79 Å². The molecule has 2 aliphatic carbocycles. The summed E-state index contributed by atoms with van der Waals surface area (Å²) < 4.78 is 6.11. The molecule has 30 heavy (non-hydrogen) atoms. The Balaban J connectivity index is 1.49. The summed E-state index contributed by atoms with van der Waals surface area (Å²) in [4.78, 5) is 16.8. The maximum absolute atomic E-state index is 12.5. The van der Waals surface area contributed by atoms with E-state index in [1.165, 1.54) is 0 Å². The third-order valence-corrected chi connectivity index (χ3v) is 6.16. The molecule has 1 amide bonds. The Morgan fingerprint density at radius 3 is 2.67 bits per heavy atom. The predicted molar refractivity (Wildman–Crippen MR) is 120 cm³/mol. The van der Waals surface area contributed by atoms with Gasteiger partial charge < -0.3 is 10.1 Å². The molecule has 0 aromatic heterocycles. The van der Waals surface area contributed by atoms with Gasteiger partial charge in [-0.25, -0.2) is 0 Å². The van der Waals surface area contributed by atoms with Crippen LogP contribution in [0, 0.1) is 23.2 Å². The molecule has 1 N–H and O–H groups in total. The van der Waals surface area contributed by atoms with Crippen LogP contribution in [0.5, 0.6) is 5.75 Å². The van der Waals surface area contributed by atoms with Gasteiger partial charge in [0.2, 0.25) is 0 Å². The zero-order valence-electron chi connectivity index (χ0n) is 17.5. The van der Waals surface area contributed by atoms with E-state index in [1.54, 1.807) is 30.5 Å². The molecule has 0 radical (unpaired) electrons. The number of carbonyl (C=O) groups excluding carboxylic acids is 1. The van der Waals surface area contributed by atoms with E-state index in [0.29, 0.717) is 33.9 Å². The summed E-state index contributed by atoms with van der Waals surface area (Å²) in [5.41, 5.74) is 0.906. The third-order valence-electron chi connectivity index (χ3n) is 5.85. The number of halogens is 1. The van der Waals surface area contributed by atoms with Crippen molar-refractivity contribution in [2.75, 3.05) is 0 Å². The van der Waals surface area contributed by atoms with Crippen LogP contribution in [0.2, 0.25) is 5.02 Å². The van der Waals surface area contributed by atoms with Gasteiger partial charge in [0.1, 0.15) is 17.5 Å². The van der Waals surface area contributed by atoms with Crippen LogP contribution in [0.4, 0.5) is 0 Å². The van der Waals surface area contributed by atoms with Crippen LogP contribution in [0.1, 0.15) is 51.5 Å². The van der Waals surface area contributed by atoms with Crippen molar-refractivity contribution in [3.05, 3.63) is 52.7 Å². The fourth-order valence-corrected chi connectivity index (χ4v) is 4.68. The Morgan fingerprint density at radius 1 is 1.33 bits per heavy atom. The second-order valence-electron chi connectivity index (χ2n) is 7.92. The number of hydrogen-bond donors (Lipinski definition) is 1. The summed E-state index contributed by atoms with van der Waals surface area (Å²) in [5.74, 6) is 1.71. The van der Waals surface area contributed by atoms with Gasteiger partial charge in [-0.1, -0.05) is 30.7 Å². The number of nitrogens with zero attached hydrogens (tertiary/aromatic N) is 2. The third kappa shape index (κ3) is 5.52. The molecule has 5 nitrogen and oxygen atoms in total. The SMILES string of the molecule is C\C=C(/N=C/C=C/CC)C(=O)NC1CC2CC(Oc3ccc(C#N)c(Cl)c3)CC2C1. The summed E-state index contributed by atoms with van der Waals surface area (Å²) in [6.07, 6.45) is 12.3. The molecular formula is C24H28ClN3O2. The van der Waals surface area contributed by atoms with E-state index in [2.05, 4.69) is 23.3 Å². The van der Waals surface area contributed by atoms with Crippen LogP contribution in [0.25, 0.3) is 0 Å². The van der Waals surface area contributed by atoms with Crippen molar-refractivity contribution in [1.29, 1.82) is 5.26 Å². The first-order valence-corrected chi connectivity index (χ1v) is 10.9. The summed E-state index contributed by atoms with van der Waals surface area (Å²) in [6, 6.07) is 7.46. The highest BCUT2D eigenvalue weighted by Gasteiger charge is 2.43. The number of amides is 1. The Kier molecular flexibility index (Phi) is 7.70. The van der Waals surface area contributed by atoms with Crippen LogP contribution in [0.15, 0.2) is 47.1 Å². The van der Waals surface area contributed by atoms with E-state index in [1.807, 2.05) is 19.1 Å². The van der Waals surface area contributed by atoms with Crippen LogP contribution < -0.4 is 10.1 Å². The maximum atomic E-state index is 12.5. The van der Waals surface area contributed by atoms with E-state index in [-0.39, 0.29) is 18.1 Å². The number of allylic oxidation sites excluding steroid dienone is 3. The topological polar surface area (TPSA) is 74.5 Å². The highest BCUT2D eigenvalue weighted by atomic mass is 35.5. The first kappa shape index (κ1) is 22.1. The van der Waals surface area contributed by atoms with Gasteiger partial charge >= 0.3 is 0 Å². The van der Waals surface area contributed by atoms with Crippen molar-refractivity contribution in [2.24, 2.45) is 16.8 Å². The average Bonchev–Trinajstić information content (AvgIpc) is 3.26. The molecule has 3 rings (SSSR count). The lowest BCUT2D eigenvalue weighted by Crippen LogP contribution is -2.34. The summed E-state index contributed by atoms with van der Waals surface area (Å²) >= 11 is 6.10. The molecule has 0 aliphatic heterocycles. The monoisotopic (exact) mass is 425 g/mol. The molecule has 1 aromatic rings. The van der Waals surface area contributed by atoms with Crippen molar-refractivity contribution in [3.8, 4) is 11.8 Å². The Hall–Kier alpha value is -2.58. The summed E-state index contributed by atoms with van der Waals surface area (Å²) in [5, 5.41) is 12.6. The number of ether oxygens (including phenoxy) is 1. The number of nitrogens with one attached hydrogen (secondary N) is 1. The molecule has 158 valence electrons. The zero-order valence-corrected chi connectivity index (χ0v) is 18.2. The second kappa shape index (κ2) is 10.4. The van der Waals surface area contributed by atoms with Gasteiger partial charge in [-0.2, -0.15) is 5.26 Å². The summed E-state index contributed by atoms with van der Waals surface area (Å²) in [6.45, 7) is 3.89. The molecular weight excluding hydrogens is 398 g/mol. The van der Waals surface area contributed by atoms with Crippen LogP contribution >= 0.6 is 11.6 Å². The quantitative estimate of drug-likeness (QED) is 0.481. The lowest BCUT2D eigenvalue weighted by Gasteiger charge is -2.18. The van der Waals surface area contributed by atoms with E-state index in [0.717, 1.165) is 32.1 Å². The first-order valence-electron chi connectivity index (χ1n) is 10.6. The molecule has 0 saturated heterocycles. The number of aliphatic imine (C=N–C) groups is 1. The molecule has 0 bridgehead atoms. The number of nitriles is 1. The smallest absolute Gasteiger partial charge is 0.269 e. The molecule has 1 aromatic carbocycles. The highest BCUT2D eigenvalue weighted by molar-refractivity contribution is 6.31. The van der Waals surface area contributed by atoms with Gasteiger partial charge in [-0.15, -0.1) is 0 Å². The number of carbonyl (C=O) groups is 1. The lowest BCUT2D eigenvalue weighted by atomic mass is 10.0. The minimum atomic E-state index is -0.108. The minimum Gasteiger partial charge on any atom is -0.490 e. The largest absolute Gasteiger partial charge is 0.490 e. The Bertz CT molecular complexity index is 886. The van der Waals surface area contributed by atoms with Gasteiger partial charge in [-0.3, -0.25) is 9.79 Å². The molecule has 2 atom stereocenters. The second-order valence-corrected chi connectivity index (χ2v) is 8.32. The predicted octanol–water partition coefficient (Wildman–Crippen LogP) is 5.20. The van der Waals surface area contributed by atoms with Gasteiger partial charge in [0.05, 0.1) is 16.7 Å². The van der Waals surface area contributed by atoms with Crippen LogP contribution in [0.3, 0.4) is 0 Å². The van der Waals surface area contributed by atoms with Crippen molar-refractivity contribution in [3.63, 3.8) is 0 Å². The molecule has 2 fully saturated rings. The number of rotatable bonds is 7. The van der Waals surface area contributed by atoms with Gasteiger partial charge in [0, 0.05) is 18.3 Å². The normalized spacial score (nSPS) is 26.1. The van der Waals surface area contributed by atoms with Crippen LogP contribution in [-0.2, 0) is 4.79 Å². The van der Waals surface area contributed by atoms with Gasteiger partial charge in [0.25, 0.3) is 5.91 Å². The van der Waals surface area contributed by atoms with E-state index in [4.69, 9.17) is 21.6 Å². The van der Waals surface area contributed by atoms with Crippen molar-refractivity contribution in [2.45, 2.75) is 58.1 Å². The fraction of sp³-hybridized carbons (Fsp3) is 0.458. The van der Waals surface area contributed by atoms with Gasteiger partial charge in [0.15, 0.2) is 0 Å². The van der Waals surface area contributed by atoms with Crippen molar-refractivity contribution in [1.82, 2.24) is 5.32 Å². The zero-order chi connectivity index (χ0) is 21.5. The molecule has 2 aliphatic rings. The van der Waals surface area contributed by atoms with Gasteiger partial charge in [-0.05, 0) is 69.1 Å². The van der Waals surface area contributed by atoms with Crippen LogP contribution in [-0.4, -0.2) is 24.3 Å². The molecule has 2 saturated carbocycles. The van der Waals surface area contributed by atoms with Crippen molar-refractivity contribution < 1.29 is 9.53 Å². The molecule has 0 heterocycles. The number of fused-ring (bicyclic) bond motifs is 1. The minimum absolute atomic E-state index is 0.108. The van der Waals surface area contributed by atoms with Crippen molar-refractivity contribution >= 4 is 23.7 Å². The Labute approximate surface area is 183 Å². The Morgan fingerprint density at radius 2 is 2.07 bits per heavy atom. The highest BCUT2D eigenvalue weighted by Crippen LogP contribution is 2.45. The summed E-state index contributed by atoms with van der Waals surface area (Å²) in [7, 11) is 0. The van der Waals surface area contributed by atoms with E-state index >= 15 is 0 Å². The standard InChI is InChI=1S/C24H28ClN3O2/c1-3-5-6-9-27-23(4-2)24(29)28-19-10-17-12-21(13-18(17)11-19)30-20-8-7-16(15-26)22(25)14-20/h4-9,14,17-19,21H,3,10-13H2,1-2H3,(H,28,29)/b6-5+,23-4-,27-9+. The molecule has 0 spiro atoms. The average molecular weight is 426 g/mol. The molecule has 6 heteroatoms.